The number of allylic oxidation sites excluding steroid dienone is 1. The van der Waals surface area contributed by atoms with Crippen molar-refractivity contribution in [1.82, 2.24) is 4.90 Å². The lowest BCUT2D eigenvalue weighted by molar-refractivity contribution is -0.138. The fourth-order valence-electron chi connectivity index (χ4n) is 5.58. The Labute approximate surface area is 239 Å². The first-order valence-electron chi connectivity index (χ1n) is 13.4. The molecule has 0 aromatic heterocycles. The minimum absolute atomic E-state index is 0. The van der Waals surface area contributed by atoms with Crippen LogP contribution < -0.4 is 4.74 Å². The molecular formula is C31H44ClNO6. The predicted molar refractivity (Wildman–Crippen MR) is 156 cm³/mol. The first-order chi connectivity index (χ1) is 18.0. The minimum atomic E-state index is -0.596. The maximum absolute atomic E-state index is 13.3. The number of benzene rings is 1. The third-order valence-electron chi connectivity index (χ3n) is 7.88. The average Bonchev–Trinajstić information content (AvgIpc) is 2.88. The van der Waals surface area contributed by atoms with Gasteiger partial charge < -0.3 is 18.9 Å². The summed E-state index contributed by atoms with van der Waals surface area (Å²) in [6.45, 7) is 18.7. The van der Waals surface area contributed by atoms with Crippen LogP contribution in [0.15, 0.2) is 46.6 Å². The highest BCUT2D eigenvalue weighted by atomic mass is 35.5. The second-order valence-corrected chi connectivity index (χ2v) is 10.4. The lowest BCUT2D eigenvalue weighted by atomic mass is 9.67. The summed E-state index contributed by atoms with van der Waals surface area (Å²) in [4.78, 5) is 28.3. The van der Waals surface area contributed by atoms with Crippen molar-refractivity contribution in [3.63, 3.8) is 0 Å². The van der Waals surface area contributed by atoms with Crippen molar-refractivity contribution < 1.29 is 28.5 Å². The average molecular weight is 562 g/mol. The monoisotopic (exact) mass is 561 g/mol. The van der Waals surface area contributed by atoms with E-state index in [-0.39, 0.29) is 24.2 Å². The highest BCUT2D eigenvalue weighted by Gasteiger charge is 2.42. The number of halogens is 1. The molecule has 0 N–H and O–H groups in total. The molecule has 3 rings (SSSR count). The van der Waals surface area contributed by atoms with E-state index in [1.165, 1.54) is 0 Å². The molecular weight excluding hydrogens is 518 g/mol. The fraction of sp³-hybridized carbons (Fsp3) is 0.548. The summed E-state index contributed by atoms with van der Waals surface area (Å²) in [7, 11) is 1.63. The second kappa shape index (κ2) is 14.3. The number of aryl methyl sites for hydroxylation is 2. The van der Waals surface area contributed by atoms with Crippen LogP contribution in [0.4, 0.5) is 0 Å². The number of hydrogen-bond donors (Lipinski definition) is 0. The zero-order chi connectivity index (χ0) is 28.0. The maximum Gasteiger partial charge on any atom is 0.338 e. The van der Waals surface area contributed by atoms with Crippen molar-refractivity contribution in [2.45, 2.75) is 54.6 Å². The predicted octanol–water partition coefficient (Wildman–Crippen LogP) is 5.43. The molecule has 1 aliphatic carbocycles. The summed E-state index contributed by atoms with van der Waals surface area (Å²) >= 11 is 0. The number of methoxy groups -OCH3 is 1. The quantitative estimate of drug-likeness (QED) is 0.214. The lowest BCUT2D eigenvalue weighted by Gasteiger charge is -2.41. The van der Waals surface area contributed by atoms with Gasteiger partial charge in [0, 0.05) is 37.7 Å². The van der Waals surface area contributed by atoms with E-state index in [0.717, 1.165) is 66.4 Å². The molecule has 1 aromatic rings. The molecule has 2 unspecified atom stereocenters. The van der Waals surface area contributed by atoms with Gasteiger partial charge in [-0.15, -0.1) is 12.4 Å². The van der Waals surface area contributed by atoms with Crippen LogP contribution in [0.2, 0.25) is 0 Å². The minimum Gasteiger partial charge on any atom is -0.492 e. The number of rotatable bonds is 10. The molecule has 216 valence electrons. The van der Waals surface area contributed by atoms with Gasteiger partial charge in [-0.25, -0.2) is 4.79 Å². The van der Waals surface area contributed by atoms with E-state index < -0.39 is 11.5 Å². The third kappa shape index (κ3) is 7.20. The van der Waals surface area contributed by atoms with Gasteiger partial charge in [0.25, 0.3) is 0 Å². The van der Waals surface area contributed by atoms with Gasteiger partial charge in [0.15, 0.2) is 5.78 Å². The van der Waals surface area contributed by atoms with Crippen LogP contribution in [-0.2, 0) is 19.0 Å². The number of ketones is 1. The smallest absolute Gasteiger partial charge is 0.338 e. The number of morpholine rings is 1. The van der Waals surface area contributed by atoms with E-state index in [2.05, 4.69) is 4.90 Å². The molecule has 8 heteroatoms. The van der Waals surface area contributed by atoms with E-state index >= 15 is 0 Å². The molecule has 1 aliphatic heterocycles. The Morgan fingerprint density at radius 1 is 1.10 bits per heavy atom. The Balaban J connectivity index is 0.00000533. The van der Waals surface area contributed by atoms with Gasteiger partial charge in [0.05, 0.1) is 31.5 Å². The van der Waals surface area contributed by atoms with Gasteiger partial charge in [-0.1, -0.05) is 11.6 Å². The molecule has 0 amide bonds. The summed E-state index contributed by atoms with van der Waals surface area (Å²) in [6, 6.07) is 3.78. The zero-order valence-corrected chi connectivity index (χ0v) is 25.5. The number of carbonyl (C=O) groups excluding carboxylic acids is 2. The summed E-state index contributed by atoms with van der Waals surface area (Å²) in [6.07, 6.45) is 3.13. The molecule has 0 bridgehead atoms. The molecule has 0 spiro atoms. The summed E-state index contributed by atoms with van der Waals surface area (Å²) < 4.78 is 22.7. The van der Waals surface area contributed by atoms with Crippen molar-refractivity contribution in [1.29, 1.82) is 0 Å². The SMILES string of the molecule is CCOC(=O)C1=C(C)C(OC)C(C)(C=CC(=O)c2cc(C)c(OCCN3CCOCC3)c(C)c2)C(C)=C1C.Cl. The number of esters is 1. The van der Waals surface area contributed by atoms with Gasteiger partial charge in [-0.3, -0.25) is 9.69 Å². The molecule has 7 nitrogen and oxygen atoms in total. The Hall–Kier alpha value is -2.45. The number of ether oxygens (including phenoxy) is 4. The van der Waals surface area contributed by atoms with E-state index in [4.69, 9.17) is 18.9 Å². The van der Waals surface area contributed by atoms with E-state index in [0.29, 0.717) is 24.4 Å². The molecule has 1 aromatic carbocycles. The van der Waals surface area contributed by atoms with E-state index in [9.17, 15) is 9.59 Å². The summed E-state index contributed by atoms with van der Waals surface area (Å²) in [5.41, 5.74) is 5.09. The number of hydrogen-bond acceptors (Lipinski definition) is 7. The Bertz CT molecular complexity index is 1120. The Kier molecular flexibility index (Phi) is 12.0. The largest absolute Gasteiger partial charge is 0.492 e. The molecule has 1 heterocycles. The summed E-state index contributed by atoms with van der Waals surface area (Å²) in [5.74, 6) is 0.402. The van der Waals surface area contributed by atoms with Gasteiger partial charge in [0.2, 0.25) is 0 Å². The van der Waals surface area contributed by atoms with Crippen LogP contribution in [0, 0.1) is 19.3 Å². The van der Waals surface area contributed by atoms with Crippen LogP contribution in [0.1, 0.15) is 56.1 Å². The lowest BCUT2D eigenvalue weighted by Crippen LogP contribution is -2.39. The Morgan fingerprint density at radius 3 is 2.28 bits per heavy atom. The molecule has 1 fully saturated rings. The molecule has 39 heavy (non-hydrogen) atoms. The van der Waals surface area contributed by atoms with Crippen LogP contribution in [0.25, 0.3) is 0 Å². The summed E-state index contributed by atoms with van der Waals surface area (Å²) in [5, 5.41) is 0. The fourth-order valence-corrected chi connectivity index (χ4v) is 5.58. The van der Waals surface area contributed by atoms with Gasteiger partial charge >= 0.3 is 5.97 Å². The van der Waals surface area contributed by atoms with Crippen molar-refractivity contribution >= 4 is 24.2 Å². The van der Waals surface area contributed by atoms with Crippen LogP contribution >= 0.6 is 12.4 Å². The molecule has 2 atom stereocenters. The Morgan fingerprint density at radius 2 is 1.72 bits per heavy atom. The van der Waals surface area contributed by atoms with Crippen LogP contribution in [0.3, 0.4) is 0 Å². The van der Waals surface area contributed by atoms with Crippen molar-refractivity contribution in [2.75, 3.05) is 53.2 Å². The molecule has 0 saturated carbocycles. The number of carbonyl (C=O) groups is 2. The third-order valence-corrected chi connectivity index (χ3v) is 7.88. The van der Waals surface area contributed by atoms with Gasteiger partial charge in [-0.05, 0) is 88.9 Å². The zero-order valence-electron chi connectivity index (χ0n) is 24.6. The molecule has 1 saturated heterocycles. The topological polar surface area (TPSA) is 74.3 Å². The van der Waals surface area contributed by atoms with E-state index in [1.54, 1.807) is 20.1 Å². The van der Waals surface area contributed by atoms with E-state index in [1.807, 2.05) is 59.8 Å². The molecule has 0 radical (unpaired) electrons. The van der Waals surface area contributed by atoms with Gasteiger partial charge in [0.1, 0.15) is 12.4 Å². The normalized spacial score (nSPS) is 22.2. The highest BCUT2D eigenvalue weighted by Crippen LogP contribution is 2.46. The standard InChI is InChI=1S/C31H43NO6.ClH/c1-9-37-30(34)27-22(4)24(6)31(7,29(35-8)23(27)5)11-10-26(33)25-18-20(2)28(21(3)19-25)38-17-14-32-12-15-36-16-13-32;/h10-11,18-19,29H,9,12-17H2,1-8H3;1H. The molecule has 2 aliphatic rings. The number of nitrogens with zero attached hydrogens (tertiary/aromatic N) is 1. The first kappa shape index (κ1) is 32.8. The second-order valence-electron chi connectivity index (χ2n) is 10.4. The first-order valence-corrected chi connectivity index (χ1v) is 13.4. The van der Waals surface area contributed by atoms with Crippen molar-refractivity contribution in [2.24, 2.45) is 5.41 Å². The highest BCUT2D eigenvalue weighted by molar-refractivity contribution is 6.05. The van der Waals surface area contributed by atoms with Gasteiger partial charge in [-0.2, -0.15) is 0 Å². The maximum atomic E-state index is 13.3. The van der Waals surface area contributed by atoms with Crippen molar-refractivity contribution in [3.8, 4) is 5.75 Å². The van der Waals surface area contributed by atoms with Crippen LogP contribution in [-0.4, -0.2) is 75.9 Å². The van der Waals surface area contributed by atoms with Crippen LogP contribution in [0.5, 0.6) is 5.75 Å². The van der Waals surface area contributed by atoms with Crippen molar-refractivity contribution in [3.05, 3.63) is 63.3 Å².